The highest BCUT2D eigenvalue weighted by Gasteiger charge is 2.38. The molecule has 0 saturated carbocycles. The molecular weight excluding hydrogens is 553 g/mol. The van der Waals surface area contributed by atoms with Crippen LogP contribution in [0.3, 0.4) is 0 Å². The minimum Gasteiger partial charge on any atom is -0.478 e. The van der Waals surface area contributed by atoms with E-state index in [9.17, 15) is 31.5 Å². The summed E-state index contributed by atoms with van der Waals surface area (Å²) in [6.07, 6.45) is -3.33. The van der Waals surface area contributed by atoms with E-state index in [4.69, 9.17) is 9.90 Å². The first-order chi connectivity index (χ1) is 18.7. The number of nitrogens with one attached hydrogen (secondary N) is 1. The molecule has 14 heteroatoms. The number of hydrogen-bond acceptors (Lipinski definition) is 7. The topological polar surface area (TPSA) is 140 Å². The fraction of sp³-hybridized carbons (Fsp3) is 0.269. The van der Waals surface area contributed by atoms with Gasteiger partial charge in [0, 0.05) is 32.4 Å². The predicted octanol–water partition coefficient (Wildman–Crippen LogP) is 4.16. The van der Waals surface area contributed by atoms with Crippen LogP contribution in [0.2, 0.25) is 0 Å². The number of aromatic nitrogens is 1. The summed E-state index contributed by atoms with van der Waals surface area (Å²) in [5, 5.41) is 16.6. The number of aromatic carboxylic acids is 1. The Labute approximate surface area is 228 Å². The van der Waals surface area contributed by atoms with Gasteiger partial charge in [0.1, 0.15) is 5.82 Å². The van der Waals surface area contributed by atoms with E-state index in [-0.39, 0.29) is 16.1 Å². The first-order valence-electron chi connectivity index (χ1n) is 11.9. The summed E-state index contributed by atoms with van der Waals surface area (Å²) in [5.41, 5.74) is 2.77. The second-order valence-corrected chi connectivity index (χ2v) is 10.5. The molecule has 214 valence electrons. The maximum absolute atomic E-state index is 13.1. The Hall–Kier alpha value is -4.33. The van der Waals surface area contributed by atoms with Crippen molar-refractivity contribution < 1.29 is 41.4 Å². The number of aryl methyl sites for hydroxylation is 2. The Bertz CT molecular complexity index is 1480. The third-order valence-corrected chi connectivity index (χ3v) is 7.48. The Morgan fingerprint density at radius 3 is 2.05 bits per heavy atom. The van der Waals surface area contributed by atoms with Crippen LogP contribution in [0.5, 0.6) is 0 Å². The van der Waals surface area contributed by atoms with Gasteiger partial charge in [0.05, 0.1) is 21.8 Å². The van der Waals surface area contributed by atoms with Crippen molar-refractivity contribution in [3.05, 3.63) is 77.5 Å². The monoisotopic (exact) mass is 580 g/mol. The number of pyridine rings is 1. The maximum Gasteiger partial charge on any atom is 0.490 e. The van der Waals surface area contributed by atoms with Crippen molar-refractivity contribution in [2.45, 2.75) is 24.9 Å². The highest BCUT2D eigenvalue weighted by atomic mass is 32.2. The Kier molecular flexibility index (Phi) is 9.24. The van der Waals surface area contributed by atoms with Crippen LogP contribution in [0.4, 0.5) is 30.4 Å². The van der Waals surface area contributed by atoms with Crippen molar-refractivity contribution in [1.82, 2.24) is 4.98 Å². The summed E-state index contributed by atoms with van der Waals surface area (Å²) in [6, 6.07) is 15.2. The number of aliphatic carboxylic acids is 1. The molecule has 10 nitrogen and oxygen atoms in total. The van der Waals surface area contributed by atoms with E-state index in [0.29, 0.717) is 31.9 Å². The van der Waals surface area contributed by atoms with Gasteiger partial charge in [-0.05, 0) is 67.4 Å². The summed E-state index contributed by atoms with van der Waals surface area (Å²) in [7, 11) is -3.90. The molecule has 0 amide bonds. The molecule has 0 unspecified atom stereocenters. The number of rotatable bonds is 6. The number of piperazine rings is 1. The molecule has 1 aliphatic rings. The normalized spacial score (nSPS) is 13.7. The average molecular weight is 581 g/mol. The van der Waals surface area contributed by atoms with Gasteiger partial charge in [-0.3, -0.25) is 4.72 Å². The second-order valence-electron chi connectivity index (χ2n) is 8.85. The molecule has 40 heavy (non-hydrogen) atoms. The average Bonchev–Trinajstić information content (AvgIpc) is 2.90. The fourth-order valence-electron chi connectivity index (χ4n) is 3.83. The summed E-state index contributed by atoms with van der Waals surface area (Å²) in [4.78, 5) is 29.2. The largest absolute Gasteiger partial charge is 0.490 e. The van der Waals surface area contributed by atoms with E-state index in [1.54, 1.807) is 30.5 Å². The minimum atomic E-state index is -5.08. The molecule has 1 aliphatic heterocycles. The van der Waals surface area contributed by atoms with Crippen molar-refractivity contribution in [3.63, 3.8) is 0 Å². The van der Waals surface area contributed by atoms with Gasteiger partial charge in [-0.2, -0.15) is 13.2 Å². The first-order valence-corrected chi connectivity index (χ1v) is 13.4. The molecule has 1 saturated heterocycles. The number of halogens is 3. The second kappa shape index (κ2) is 12.2. The highest BCUT2D eigenvalue weighted by molar-refractivity contribution is 7.92. The minimum absolute atomic E-state index is 0.0173. The zero-order valence-electron chi connectivity index (χ0n) is 21.5. The number of carboxylic acid groups (broad SMARTS) is 2. The third-order valence-electron chi connectivity index (χ3n) is 6.11. The Balaban J connectivity index is 0.000000559. The van der Waals surface area contributed by atoms with Gasteiger partial charge < -0.3 is 20.0 Å². The molecule has 0 atom stereocenters. The summed E-state index contributed by atoms with van der Waals surface area (Å²) in [6.45, 7) is 6.47. The highest BCUT2D eigenvalue weighted by Crippen LogP contribution is 2.31. The van der Waals surface area contributed by atoms with Crippen LogP contribution < -0.4 is 14.5 Å². The Morgan fingerprint density at radius 1 is 0.900 bits per heavy atom. The van der Waals surface area contributed by atoms with Gasteiger partial charge in [-0.25, -0.2) is 23.0 Å². The van der Waals surface area contributed by atoms with Crippen molar-refractivity contribution in [2.75, 3.05) is 40.7 Å². The molecule has 2 aromatic carbocycles. The van der Waals surface area contributed by atoms with Crippen molar-refractivity contribution in [2.24, 2.45) is 0 Å². The quantitative estimate of drug-likeness (QED) is 0.392. The molecule has 1 fully saturated rings. The van der Waals surface area contributed by atoms with Crippen molar-refractivity contribution in [1.29, 1.82) is 0 Å². The number of hydrogen-bond donors (Lipinski definition) is 3. The van der Waals surface area contributed by atoms with Crippen molar-refractivity contribution in [3.8, 4) is 0 Å². The molecule has 3 aromatic rings. The number of carbonyl (C=O) groups is 2. The number of anilines is 3. The van der Waals surface area contributed by atoms with E-state index in [2.05, 4.69) is 19.5 Å². The van der Waals surface area contributed by atoms with Gasteiger partial charge in [0.25, 0.3) is 10.0 Å². The van der Waals surface area contributed by atoms with Gasteiger partial charge in [0.2, 0.25) is 0 Å². The lowest BCUT2D eigenvalue weighted by Crippen LogP contribution is -2.47. The van der Waals surface area contributed by atoms with Gasteiger partial charge in [0.15, 0.2) is 0 Å². The lowest BCUT2D eigenvalue weighted by Gasteiger charge is -2.37. The predicted molar refractivity (Wildman–Crippen MR) is 142 cm³/mol. The zero-order chi connectivity index (χ0) is 29.7. The van der Waals surface area contributed by atoms with E-state index in [1.807, 2.05) is 32.0 Å². The number of carboxylic acids is 2. The maximum atomic E-state index is 13.1. The van der Waals surface area contributed by atoms with Crippen LogP contribution in [0, 0.1) is 13.8 Å². The van der Waals surface area contributed by atoms with E-state index in [0.717, 1.165) is 16.9 Å². The van der Waals surface area contributed by atoms with E-state index < -0.39 is 28.1 Å². The lowest BCUT2D eigenvalue weighted by atomic mass is 10.1. The van der Waals surface area contributed by atoms with Crippen LogP contribution in [0.1, 0.15) is 21.5 Å². The first kappa shape index (κ1) is 30.2. The molecule has 3 N–H and O–H groups in total. The fourth-order valence-corrected chi connectivity index (χ4v) is 4.98. The molecule has 0 bridgehead atoms. The van der Waals surface area contributed by atoms with Crippen LogP contribution >= 0.6 is 0 Å². The zero-order valence-corrected chi connectivity index (χ0v) is 22.3. The summed E-state index contributed by atoms with van der Waals surface area (Å²) >= 11 is 0. The molecule has 0 aliphatic carbocycles. The summed E-state index contributed by atoms with van der Waals surface area (Å²) < 4.78 is 60.6. The van der Waals surface area contributed by atoms with Gasteiger partial charge >= 0.3 is 18.1 Å². The molecular formula is C26H27F3N4O6S. The van der Waals surface area contributed by atoms with Crippen LogP contribution in [-0.4, -0.2) is 67.9 Å². The van der Waals surface area contributed by atoms with Gasteiger partial charge in [-0.15, -0.1) is 0 Å². The molecule has 0 radical (unpaired) electrons. The third kappa shape index (κ3) is 7.62. The van der Waals surface area contributed by atoms with Crippen LogP contribution in [0.25, 0.3) is 0 Å². The van der Waals surface area contributed by atoms with Crippen molar-refractivity contribution >= 4 is 39.2 Å². The number of nitrogens with zero attached hydrogens (tertiary/aromatic N) is 3. The van der Waals surface area contributed by atoms with E-state index in [1.165, 1.54) is 12.1 Å². The standard InChI is InChI=1S/C24H26N4O4S.C2HF3O2/c1-17-6-8-20(15-18(17)2)33(31,32)26-21-16-19(24(29)30)7-9-22(21)27-11-13-28(14-12-27)23-5-3-4-10-25-23;3-2(4,5)1(6)7/h3-10,15-16,26H,11-14H2,1-2H3,(H,29,30);(H,6,7). The SMILES string of the molecule is Cc1ccc(S(=O)(=O)Nc2cc(C(=O)O)ccc2N2CCN(c3ccccn3)CC2)cc1C.O=C(O)C(F)(F)F. The van der Waals surface area contributed by atoms with E-state index >= 15 is 0 Å². The van der Waals surface area contributed by atoms with Crippen LogP contribution in [0.15, 0.2) is 65.7 Å². The molecule has 4 rings (SSSR count). The Morgan fingerprint density at radius 2 is 1.52 bits per heavy atom. The number of sulfonamides is 1. The molecule has 1 aromatic heterocycles. The lowest BCUT2D eigenvalue weighted by molar-refractivity contribution is -0.192. The van der Waals surface area contributed by atoms with Crippen LogP contribution in [-0.2, 0) is 14.8 Å². The summed E-state index contributed by atoms with van der Waals surface area (Å²) in [5.74, 6) is -2.98. The number of benzene rings is 2. The number of alkyl halides is 3. The van der Waals surface area contributed by atoms with Gasteiger partial charge in [-0.1, -0.05) is 12.1 Å². The smallest absolute Gasteiger partial charge is 0.478 e. The molecule has 2 heterocycles. The molecule has 0 spiro atoms.